The normalized spacial score (nSPS) is 52.5. The molecule has 7 heteroatoms. The Bertz CT molecular complexity index is 1060. The summed E-state index contributed by atoms with van der Waals surface area (Å²) in [6, 6.07) is 0. The molecule has 4 bridgehead atoms. The molecule has 3 saturated carbocycles. The zero-order valence-electron chi connectivity index (χ0n) is 21.5. The molecule has 0 aromatic heterocycles. The maximum Gasteiger partial charge on any atom is 0.213 e. The van der Waals surface area contributed by atoms with E-state index >= 15 is 0 Å². The molecule has 4 heterocycles. The number of ether oxygens (including phenoxy) is 4. The average Bonchev–Trinajstić information content (AvgIpc) is 2.90. The number of hydrogen-bond donors (Lipinski definition) is 1. The van der Waals surface area contributed by atoms with Crippen LogP contribution in [0.25, 0.3) is 0 Å². The summed E-state index contributed by atoms with van der Waals surface area (Å²) in [5.41, 5.74) is 0.183. The standard InChI is InChI=1S/C28H38O6S/c1-7-35-18-11-8-15-12-24(3,4)19-21(30)28-27-17(26(19,13-31-28)22(15)32-18)10-9-16(14(2)20(27)29)23(27)33-25(5,6)34-28/h16-19,21,23,30H,2,7-13H2,1,3-6H3/t16-,17-,18+,19+,21-,23+,26-,27-,28-/m0/s1. The van der Waals surface area contributed by atoms with E-state index in [-0.39, 0.29) is 34.4 Å². The summed E-state index contributed by atoms with van der Waals surface area (Å²) in [5, 5.41) is 12.4. The maximum absolute atomic E-state index is 14.3. The number of aliphatic hydroxyl groups is 1. The van der Waals surface area contributed by atoms with E-state index < -0.39 is 34.6 Å². The number of aliphatic hydroxyl groups excluding tert-OH is 1. The zero-order chi connectivity index (χ0) is 24.8. The minimum absolute atomic E-state index is 0.0251. The molecule has 6 fully saturated rings. The van der Waals surface area contributed by atoms with E-state index in [1.165, 1.54) is 5.57 Å². The number of fused-ring (bicyclic) bond motifs is 1. The molecule has 35 heavy (non-hydrogen) atoms. The number of ketones is 1. The van der Waals surface area contributed by atoms with Crippen molar-refractivity contribution in [3.8, 4) is 0 Å². The summed E-state index contributed by atoms with van der Waals surface area (Å²) < 4.78 is 26.9. The Kier molecular flexibility index (Phi) is 4.50. The molecule has 0 aromatic rings. The van der Waals surface area contributed by atoms with Gasteiger partial charge >= 0.3 is 0 Å². The van der Waals surface area contributed by atoms with Gasteiger partial charge in [-0.15, -0.1) is 11.8 Å². The molecule has 3 spiro atoms. The lowest BCUT2D eigenvalue weighted by Crippen LogP contribution is -2.87. The number of carbonyl (C=O) groups excluding carboxylic acids is 1. The van der Waals surface area contributed by atoms with Gasteiger partial charge in [-0.3, -0.25) is 4.79 Å². The van der Waals surface area contributed by atoms with E-state index in [1.54, 1.807) is 0 Å². The molecule has 0 radical (unpaired) electrons. The van der Waals surface area contributed by atoms with Gasteiger partial charge in [0.05, 0.1) is 18.1 Å². The predicted molar refractivity (Wildman–Crippen MR) is 131 cm³/mol. The first-order valence-electron chi connectivity index (χ1n) is 13.4. The quantitative estimate of drug-likeness (QED) is 0.555. The van der Waals surface area contributed by atoms with Gasteiger partial charge in [0.2, 0.25) is 5.79 Å². The third-order valence-electron chi connectivity index (χ3n) is 10.6. The third kappa shape index (κ3) is 2.38. The molecule has 0 unspecified atom stereocenters. The summed E-state index contributed by atoms with van der Waals surface area (Å²) >= 11 is 1.84. The van der Waals surface area contributed by atoms with Crippen molar-refractivity contribution >= 4 is 17.5 Å². The second-order valence-electron chi connectivity index (χ2n) is 13.1. The molecule has 9 atom stereocenters. The van der Waals surface area contributed by atoms with Crippen molar-refractivity contribution < 1.29 is 28.8 Å². The molecule has 4 aliphatic heterocycles. The van der Waals surface area contributed by atoms with Crippen molar-refractivity contribution in [1.82, 2.24) is 0 Å². The Hall–Kier alpha value is -0.860. The molecule has 3 saturated heterocycles. The van der Waals surface area contributed by atoms with Gasteiger partial charge in [0.25, 0.3) is 0 Å². The predicted octanol–water partition coefficient (Wildman–Crippen LogP) is 4.57. The van der Waals surface area contributed by atoms with Gasteiger partial charge in [0.15, 0.2) is 11.6 Å². The van der Waals surface area contributed by atoms with Crippen molar-refractivity contribution in [2.24, 2.45) is 34.0 Å². The highest BCUT2D eigenvalue weighted by atomic mass is 32.2. The Morgan fingerprint density at radius 3 is 2.69 bits per heavy atom. The third-order valence-corrected chi connectivity index (χ3v) is 11.6. The number of Topliss-reactive ketones (excluding diaryl/α,β-unsaturated/α-hetero) is 1. The first-order chi connectivity index (χ1) is 16.5. The molecule has 1 N–H and O–H groups in total. The van der Waals surface area contributed by atoms with Crippen molar-refractivity contribution in [2.75, 3.05) is 12.4 Å². The molecule has 8 aliphatic rings. The van der Waals surface area contributed by atoms with Gasteiger partial charge in [-0.25, -0.2) is 0 Å². The number of allylic oxidation sites excluding steroid dienone is 1. The molecule has 0 amide bonds. The van der Waals surface area contributed by atoms with Crippen LogP contribution in [0.1, 0.15) is 66.7 Å². The molecular weight excluding hydrogens is 464 g/mol. The van der Waals surface area contributed by atoms with Crippen LogP contribution in [0.5, 0.6) is 0 Å². The smallest absolute Gasteiger partial charge is 0.213 e. The van der Waals surface area contributed by atoms with Crippen LogP contribution >= 0.6 is 11.8 Å². The fraction of sp³-hybridized carbons (Fsp3) is 0.821. The molecule has 6 nitrogen and oxygen atoms in total. The minimum atomic E-state index is -1.44. The van der Waals surface area contributed by atoms with Crippen LogP contribution in [0.2, 0.25) is 0 Å². The van der Waals surface area contributed by atoms with Gasteiger partial charge < -0.3 is 24.1 Å². The maximum atomic E-state index is 14.3. The van der Waals surface area contributed by atoms with Gasteiger partial charge in [0.1, 0.15) is 22.7 Å². The van der Waals surface area contributed by atoms with Crippen LogP contribution in [0.3, 0.4) is 0 Å². The number of thioether (sulfide) groups is 1. The van der Waals surface area contributed by atoms with E-state index in [1.807, 2.05) is 25.6 Å². The summed E-state index contributed by atoms with van der Waals surface area (Å²) in [4.78, 5) is 14.3. The molecular formula is C28H38O6S. The second-order valence-corrected chi connectivity index (χ2v) is 14.5. The highest BCUT2D eigenvalue weighted by Crippen LogP contribution is 2.80. The largest absolute Gasteiger partial charge is 0.483 e. The lowest BCUT2D eigenvalue weighted by Gasteiger charge is -2.77. The topological polar surface area (TPSA) is 74.2 Å². The van der Waals surface area contributed by atoms with Crippen LogP contribution < -0.4 is 0 Å². The van der Waals surface area contributed by atoms with Gasteiger partial charge in [-0.1, -0.05) is 27.4 Å². The first-order valence-corrected chi connectivity index (χ1v) is 14.5. The number of rotatable bonds is 2. The highest BCUT2D eigenvalue weighted by Gasteiger charge is 2.90. The SMILES string of the molecule is C=C1C(=O)[C@@]23[C@@H]4OC(C)(C)O[C@]25OC[C@]2(C6=C(CC[C@@H](SCC)O6)CC(C)(C)[C@H]2[C@@H]5O)[C@@H]3CC[C@@H]14. The van der Waals surface area contributed by atoms with Crippen LogP contribution in [0.4, 0.5) is 0 Å². The molecule has 0 aromatic carbocycles. The van der Waals surface area contributed by atoms with E-state index in [0.29, 0.717) is 12.2 Å². The second kappa shape index (κ2) is 6.76. The van der Waals surface area contributed by atoms with Crippen LogP contribution in [-0.2, 0) is 23.7 Å². The molecule has 4 aliphatic carbocycles. The fourth-order valence-electron chi connectivity index (χ4n) is 9.95. The lowest BCUT2D eigenvalue weighted by molar-refractivity contribution is -0.526. The van der Waals surface area contributed by atoms with Crippen molar-refractivity contribution in [3.05, 3.63) is 23.5 Å². The Morgan fingerprint density at radius 2 is 1.94 bits per heavy atom. The summed E-state index contributed by atoms with van der Waals surface area (Å²) in [5.74, 6) is -0.736. The number of carbonyl (C=O) groups is 1. The van der Waals surface area contributed by atoms with Crippen molar-refractivity contribution in [3.63, 3.8) is 0 Å². The van der Waals surface area contributed by atoms with Gasteiger partial charge in [-0.05, 0) is 74.2 Å². The van der Waals surface area contributed by atoms with E-state index in [0.717, 1.165) is 43.6 Å². The summed E-state index contributed by atoms with van der Waals surface area (Å²) in [6.07, 6.45) is 3.22. The van der Waals surface area contributed by atoms with Crippen LogP contribution in [0.15, 0.2) is 23.5 Å². The zero-order valence-corrected chi connectivity index (χ0v) is 22.3. The molecule has 192 valence electrons. The molecule has 8 rings (SSSR count). The Balaban J connectivity index is 1.51. The van der Waals surface area contributed by atoms with Crippen LogP contribution in [0, 0.1) is 34.0 Å². The van der Waals surface area contributed by atoms with E-state index in [9.17, 15) is 9.90 Å². The highest BCUT2D eigenvalue weighted by molar-refractivity contribution is 7.99. The fourth-order valence-corrected chi connectivity index (χ4v) is 10.8. The summed E-state index contributed by atoms with van der Waals surface area (Å²) in [7, 11) is 0. The van der Waals surface area contributed by atoms with Gasteiger partial charge in [-0.2, -0.15) is 0 Å². The van der Waals surface area contributed by atoms with Gasteiger partial charge in [0, 0.05) is 11.8 Å². The Morgan fingerprint density at radius 1 is 1.17 bits per heavy atom. The number of hydrogen-bond acceptors (Lipinski definition) is 7. The Labute approximate surface area is 212 Å². The monoisotopic (exact) mass is 502 g/mol. The van der Waals surface area contributed by atoms with Crippen molar-refractivity contribution in [1.29, 1.82) is 0 Å². The van der Waals surface area contributed by atoms with E-state index in [2.05, 4.69) is 27.4 Å². The first kappa shape index (κ1) is 23.3. The van der Waals surface area contributed by atoms with E-state index in [4.69, 9.17) is 18.9 Å². The van der Waals surface area contributed by atoms with Crippen molar-refractivity contribution in [2.45, 2.75) is 95.9 Å². The summed E-state index contributed by atoms with van der Waals surface area (Å²) in [6.45, 7) is 15.1. The minimum Gasteiger partial charge on any atom is -0.483 e. The lowest BCUT2D eigenvalue weighted by atomic mass is 9.36. The van der Waals surface area contributed by atoms with Crippen LogP contribution in [-0.4, -0.2) is 52.5 Å². The average molecular weight is 503 g/mol.